The first-order valence-corrected chi connectivity index (χ1v) is 20.9. The molecule has 0 bridgehead atoms. The SMILES string of the molecule is COC(=O)N[C@@H](C(=O)N1CC=C[C@H]1c1ncc(-c2ccc(-c3cc4sc(-c5cnc([C@@H]6CCCN6C(=O)[C@H](NC(=O)OC)c6ccccc6)[nH]5)cc4o3)cc2)[nH]1)c1ccccc1. The molecule has 2 aliphatic heterocycles. The van der Waals surface area contributed by atoms with Crippen molar-refractivity contribution in [3.8, 4) is 33.2 Å². The molecule has 6 heterocycles. The van der Waals surface area contributed by atoms with Crippen LogP contribution in [0.2, 0.25) is 0 Å². The highest BCUT2D eigenvalue weighted by atomic mass is 32.1. The van der Waals surface area contributed by atoms with Crippen LogP contribution in [0.5, 0.6) is 0 Å². The summed E-state index contributed by atoms with van der Waals surface area (Å²) in [5.41, 5.74) is 5.48. The van der Waals surface area contributed by atoms with Crippen LogP contribution in [0.15, 0.2) is 126 Å². The van der Waals surface area contributed by atoms with Crippen molar-refractivity contribution in [1.29, 1.82) is 0 Å². The topological polar surface area (TPSA) is 188 Å². The predicted molar refractivity (Wildman–Crippen MR) is 231 cm³/mol. The van der Waals surface area contributed by atoms with Gasteiger partial charge in [0.15, 0.2) is 0 Å². The Hall–Kier alpha value is -7.46. The van der Waals surface area contributed by atoms with Crippen molar-refractivity contribution < 1.29 is 33.1 Å². The van der Waals surface area contributed by atoms with Crippen molar-refractivity contribution in [3.63, 3.8) is 0 Å². The zero-order valence-corrected chi connectivity index (χ0v) is 34.6. The van der Waals surface area contributed by atoms with Gasteiger partial charge in [0, 0.05) is 30.8 Å². The van der Waals surface area contributed by atoms with Gasteiger partial charge >= 0.3 is 12.2 Å². The Kier molecular flexibility index (Phi) is 11.1. The van der Waals surface area contributed by atoms with E-state index in [1.807, 2.05) is 97.1 Å². The summed E-state index contributed by atoms with van der Waals surface area (Å²) >= 11 is 1.58. The second-order valence-electron chi connectivity index (χ2n) is 14.9. The molecule has 2 aliphatic rings. The molecule has 0 unspecified atom stereocenters. The molecule has 9 rings (SSSR count). The molecule has 314 valence electrons. The van der Waals surface area contributed by atoms with Gasteiger partial charge in [-0.2, -0.15) is 0 Å². The molecule has 1 fully saturated rings. The van der Waals surface area contributed by atoms with Crippen LogP contribution in [0.25, 0.3) is 43.4 Å². The largest absolute Gasteiger partial charge is 0.455 e. The van der Waals surface area contributed by atoms with Crippen LogP contribution in [0.1, 0.15) is 59.8 Å². The van der Waals surface area contributed by atoms with Crippen LogP contribution < -0.4 is 10.6 Å². The van der Waals surface area contributed by atoms with Crippen LogP contribution >= 0.6 is 11.3 Å². The van der Waals surface area contributed by atoms with E-state index in [-0.39, 0.29) is 17.9 Å². The number of ether oxygens (including phenoxy) is 2. The molecule has 4 N–H and O–H groups in total. The summed E-state index contributed by atoms with van der Waals surface area (Å²) in [7, 11) is 2.54. The fourth-order valence-electron chi connectivity index (χ4n) is 8.04. The number of thiophene rings is 1. The Labute approximate surface area is 359 Å². The first-order valence-electron chi connectivity index (χ1n) is 20.1. The van der Waals surface area contributed by atoms with Gasteiger partial charge in [0.05, 0.1) is 53.6 Å². The van der Waals surface area contributed by atoms with Crippen LogP contribution in [0.4, 0.5) is 9.59 Å². The lowest BCUT2D eigenvalue weighted by atomic mass is 10.1. The van der Waals surface area contributed by atoms with E-state index in [0.717, 1.165) is 56.3 Å². The minimum atomic E-state index is -0.930. The number of likely N-dealkylation sites (tertiary alicyclic amines) is 1. The summed E-state index contributed by atoms with van der Waals surface area (Å²) in [4.78, 5) is 72.8. The lowest BCUT2D eigenvalue weighted by Gasteiger charge is -2.28. The standard InChI is InChI=1S/C46H42N8O7S/c1-59-45(57)51-39(29-11-5-3-6-12-29)43(55)53-21-9-15-33(53)41-47-25-31(49-41)27-17-19-28(20-18-27)35-23-38-36(61-35)24-37(62-38)32-26-48-42(50-32)34-16-10-22-54(34)44(56)40(52-46(58)60-2)30-13-7-4-8-14-30/h3-9,11-15,17-20,23-26,33-34,39-40H,10,16,21-22H2,1-2H3,(H,47,49)(H,48,50)(H,51,57)(H,52,58)/t33-,34-,39+,40+/m0/s1. The molecule has 0 radical (unpaired) electrons. The predicted octanol–water partition coefficient (Wildman–Crippen LogP) is 8.24. The quantitative estimate of drug-likeness (QED) is 0.0930. The monoisotopic (exact) mass is 850 g/mol. The van der Waals surface area contributed by atoms with Gasteiger partial charge in [-0.25, -0.2) is 19.6 Å². The zero-order chi connectivity index (χ0) is 42.7. The maximum Gasteiger partial charge on any atom is 0.407 e. The number of fused-ring (bicyclic) bond motifs is 1. The Morgan fingerprint density at radius 3 is 2.00 bits per heavy atom. The Morgan fingerprint density at radius 2 is 1.35 bits per heavy atom. The average Bonchev–Trinajstić information content (AvgIpc) is 4.17. The number of amides is 4. The first-order chi connectivity index (χ1) is 30.3. The molecule has 4 amide bonds. The summed E-state index contributed by atoms with van der Waals surface area (Å²) in [6.07, 6.45) is 7.53. The van der Waals surface area contributed by atoms with Crippen molar-refractivity contribution in [2.75, 3.05) is 27.3 Å². The number of methoxy groups -OCH3 is 2. The smallest absolute Gasteiger partial charge is 0.407 e. The van der Waals surface area contributed by atoms with Crippen molar-refractivity contribution in [2.24, 2.45) is 0 Å². The Morgan fingerprint density at radius 1 is 0.758 bits per heavy atom. The number of hydrogen-bond donors (Lipinski definition) is 4. The minimum absolute atomic E-state index is 0.225. The number of aromatic amines is 2. The maximum absolute atomic E-state index is 13.9. The fraction of sp³-hybridized carbons (Fsp3) is 0.217. The zero-order valence-electron chi connectivity index (χ0n) is 33.7. The summed E-state index contributed by atoms with van der Waals surface area (Å²) in [6.45, 7) is 0.903. The number of aromatic nitrogens is 4. The summed E-state index contributed by atoms with van der Waals surface area (Å²) in [5, 5.41) is 5.39. The van der Waals surface area contributed by atoms with Gasteiger partial charge in [-0.05, 0) is 29.5 Å². The molecule has 4 atom stereocenters. The lowest BCUT2D eigenvalue weighted by molar-refractivity contribution is -0.135. The molecule has 1 saturated heterocycles. The number of imidazole rings is 2. The van der Waals surface area contributed by atoms with E-state index in [2.05, 4.69) is 25.6 Å². The molecule has 16 heteroatoms. The highest BCUT2D eigenvalue weighted by molar-refractivity contribution is 7.22. The van der Waals surface area contributed by atoms with E-state index in [1.54, 1.807) is 45.7 Å². The number of rotatable bonds is 11. The Balaban J connectivity index is 0.870. The van der Waals surface area contributed by atoms with E-state index in [9.17, 15) is 19.2 Å². The van der Waals surface area contributed by atoms with Crippen molar-refractivity contribution in [3.05, 3.63) is 144 Å². The molecule has 7 aromatic rings. The number of alkyl carbamates (subject to hydrolysis) is 2. The van der Waals surface area contributed by atoms with E-state index in [0.29, 0.717) is 35.9 Å². The maximum atomic E-state index is 13.9. The van der Waals surface area contributed by atoms with Crippen molar-refractivity contribution in [1.82, 2.24) is 40.4 Å². The van der Waals surface area contributed by atoms with Crippen LogP contribution in [0, 0.1) is 0 Å². The lowest BCUT2D eigenvalue weighted by Crippen LogP contribution is -2.43. The first kappa shape index (κ1) is 40.0. The molecular weight excluding hydrogens is 809 g/mol. The van der Waals surface area contributed by atoms with Gasteiger partial charge in [0.1, 0.15) is 41.1 Å². The molecule has 62 heavy (non-hydrogen) atoms. The molecule has 0 aliphatic carbocycles. The van der Waals surface area contributed by atoms with Gasteiger partial charge in [0.25, 0.3) is 11.8 Å². The molecule has 3 aromatic carbocycles. The second kappa shape index (κ2) is 17.3. The average molecular weight is 851 g/mol. The number of H-pyrrole nitrogens is 2. The number of nitrogens with one attached hydrogen (secondary N) is 4. The van der Waals surface area contributed by atoms with Crippen molar-refractivity contribution in [2.45, 2.75) is 37.0 Å². The third kappa shape index (κ3) is 7.94. The third-order valence-corrected chi connectivity index (χ3v) is 12.3. The highest BCUT2D eigenvalue weighted by Gasteiger charge is 2.38. The van der Waals surface area contributed by atoms with Gasteiger partial charge in [0.2, 0.25) is 0 Å². The minimum Gasteiger partial charge on any atom is -0.455 e. The van der Waals surface area contributed by atoms with Crippen LogP contribution in [0.3, 0.4) is 0 Å². The van der Waals surface area contributed by atoms with E-state index in [1.165, 1.54) is 14.2 Å². The fourth-order valence-corrected chi connectivity index (χ4v) is 9.03. The van der Waals surface area contributed by atoms with Crippen molar-refractivity contribution >= 4 is 45.6 Å². The van der Waals surface area contributed by atoms with Gasteiger partial charge in [-0.1, -0.05) is 97.1 Å². The molecule has 15 nitrogen and oxygen atoms in total. The van der Waals surface area contributed by atoms with Crippen LogP contribution in [-0.2, 0) is 19.1 Å². The third-order valence-electron chi connectivity index (χ3n) is 11.2. The number of carbonyl (C=O) groups excluding carboxylic acids is 4. The van der Waals surface area contributed by atoms with E-state index >= 15 is 0 Å². The number of benzene rings is 3. The number of nitrogens with zero attached hydrogens (tertiary/aromatic N) is 4. The highest BCUT2D eigenvalue weighted by Crippen LogP contribution is 2.40. The normalized spacial score (nSPS) is 16.9. The Bertz CT molecular complexity index is 2730. The number of carbonyl (C=O) groups is 4. The van der Waals surface area contributed by atoms with Crippen LogP contribution in [-0.4, -0.2) is 81.0 Å². The second-order valence-corrected chi connectivity index (χ2v) is 16.0. The summed E-state index contributed by atoms with van der Waals surface area (Å²) in [5.74, 6) is 1.50. The van der Waals surface area contributed by atoms with E-state index < -0.39 is 30.3 Å². The number of furan rings is 1. The van der Waals surface area contributed by atoms with Gasteiger partial charge in [-0.3, -0.25) is 9.59 Å². The number of hydrogen-bond acceptors (Lipinski definition) is 10. The van der Waals surface area contributed by atoms with Gasteiger partial charge < -0.3 is 44.3 Å². The molecule has 0 spiro atoms. The summed E-state index contributed by atoms with van der Waals surface area (Å²) < 4.78 is 17.0. The van der Waals surface area contributed by atoms with Gasteiger partial charge in [-0.15, -0.1) is 11.3 Å². The molecular formula is C46H42N8O7S. The summed E-state index contributed by atoms with van der Waals surface area (Å²) in [6, 6.07) is 27.6. The molecule has 0 saturated carbocycles. The van der Waals surface area contributed by atoms with E-state index in [4.69, 9.17) is 18.9 Å². The molecule has 4 aromatic heterocycles.